The summed E-state index contributed by atoms with van der Waals surface area (Å²) in [5, 5.41) is 6.13. The van der Waals surface area contributed by atoms with E-state index in [1.165, 1.54) is 19.3 Å². The molecule has 0 saturated heterocycles. The normalized spacial score (nSPS) is 16.8. The molecule has 0 atom stereocenters. The molecule has 0 radical (unpaired) electrons. The Bertz CT molecular complexity index is 398. The molecule has 1 saturated carbocycles. The van der Waals surface area contributed by atoms with E-state index in [2.05, 4.69) is 28.2 Å². The number of hydrogen-bond donors (Lipinski definition) is 1. The maximum absolute atomic E-state index is 12.1. The number of carbonyl (C=O) groups is 1. The Morgan fingerprint density at radius 2 is 2.35 bits per heavy atom. The average Bonchev–Trinajstić information content (AvgIpc) is 2.93. The molecule has 4 heteroatoms. The summed E-state index contributed by atoms with van der Waals surface area (Å²) in [6.07, 6.45) is 4.60. The van der Waals surface area contributed by atoms with Gasteiger partial charge in [0.15, 0.2) is 0 Å². The van der Waals surface area contributed by atoms with Crippen molar-refractivity contribution in [1.29, 1.82) is 0 Å². The highest BCUT2D eigenvalue weighted by Crippen LogP contribution is 2.48. The molecular formula is C13H18BrNOS. The van der Waals surface area contributed by atoms with Crippen molar-refractivity contribution < 1.29 is 4.79 Å². The van der Waals surface area contributed by atoms with E-state index in [4.69, 9.17) is 0 Å². The number of aryl methyl sites for hydroxylation is 1. The standard InChI is InChI=1S/C13H18BrNOS/c1-2-10-3-8-17-11(10)12(16)15-9-13(4-5-13)6-7-14/h3,8H,2,4-7,9H2,1H3,(H,15,16). The molecule has 0 unspecified atom stereocenters. The van der Waals surface area contributed by atoms with Crippen molar-refractivity contribution in [3.63, 3.8) is 0 Å². The van der Waals surface area contributed by atoms with Gasteiger partial charge in [-0.15, -0.1) is 11.3 Å². The second kappa shape index (κ2) is 5.53. The van der Waals surface area contributed by atoms with Crippen LogP contribution in [0.15, 0.2) is 11.4 Å². The summed E-state index contributed by atoms with van der Waals surface area (Å²) in [7, 11) is 0. The SMILES string of the molecule is CCc1ccsc1C(=O)NCC1(CCBr)CC1. The molecule has 0 aromatic carbocycles. The van der Waals surface area contributed by atoms with Crippen LogP contribution in [0.1, 0.15) is 41.4 Å². The van der Waals surface area contributed by atoms with Gasteiger partial charge in [-0.3, -0.25) is 4.79 Å². The second-order valence-corrected chi connectivity index (χ2v) is 6.46. The van der Waals surface area contributed by atoms with Gasteiger partial charge in [0.2, 0.25) is 0 Å². The number of thiophene rings is 1. The van der Waals surface area contributed by atoms with Crippen LogP contribution in [0.25, 0.3) is 0 Å². The second-order valence-electron chi connectivity index (χ2n) is 4.75. The highest BCUT2D eigenvalue weighted by atomic mass is 79.9. The molecule has 1 fully saturated rings. The molecule has 2 nitrogen and oxygen atoms in total. The monoisotopic (exact) mass is 315 g/mol. The van der Waals surface area contributed by atoms with Crippen molar-refractivity contribution in [2.24, 2.45) is 5.41 Å². The Balaban J connectivity index is 1.90. The van der Waals surface area contributed by atoms with Crippen molar-refractivity contribution in [3.8, 4) is 0 Å². The Morgan fingerprint density at radius 1 is 1.59 bits per heavy atom. The van der Waals surface area contributed by atoms with E-state index < -0.39 is 0 Å². The van der Waals surface area contributed by atoms with Crippen LogP contribution in [0.2, 0.25) is 0 Å². The third-order valence-corrected chi connectivity index (χ3v) is 4.89. The minimum Gasteiger partial charge on any atom is -0.351 e. The van der Waals surface area contributed by atoms with Crippen LogP contribution in [0.4, 0.5) is 0 Å². The fourth-order valence-corrected chi connectivity index (χ4v) is 3.81. The fraction of sp³-hybridized carbons (Fsp3) is 0.615. The van der Waals surface area contributed by atoms with Gasteiger partial charge in [0, 0.05) is 11.9 Å². The van der Waals surface area contributed by atoms with Crippen molar-refractivity contribution in [2.45, 2.75) is 32.6 Å². The summed E-state index contributed by atoms with van der Waals surface area (Å²) in [5.41, 5.74) is 1.56. The third-order valence-electron chi connectivity index (χ3n) is 3.54. The van der Waals surface area contributed by atoms with Gasteiger partial charge in [0.25, 0.3) is 5.91 Å². The van der Waals surface area contributed by atoms with E-state index in [1.807, 2.05) is 11.4 Å². The van der Waals surface area contributed by atoms with E-state index in [9.17, 15) is 4.79 Å². The molecule has 1 aliphatic carbocycles. The van der Waals surface area contributed by atoms with Crippen LogP contribution >= 0.6 is 27.3 Å². The van der Waals surface area contributed by atoms with Crippen LogP contribution in [0.5, 0.6) is 0 Å². The number of alkyl halides is 1. The maximum atomic E-state index is 12.1. The maximum Gasteiger partial charge on any atom is 0.261 e. The highest BCUT2D eigenvalue weighted by Gasteiger charge is 2.41. The first-order valence-corrected chi connectivity index (χ1v) is 8.11. The predicted octanol–water partition coefficient (Wildman–Crippen LogP) is 3.61. The van der Waals surface area contributed by atoms with E-state index in [-0.39, 0.29) is 5.91 Å². The number of halogens is 1. The van der Waals surface area contributed by atoms with E-state index >= 15 is 0 Å². The Labute approximate surface area is 115 Å². The summed E-state index contributed by atoms with van der Waals surface area (Å²) < 4.78 is 0. The van der Waals surface area contributed by atoms with Crippen molar-refractivity contribution >= 4 is 33.2 Å². The Kier molecular flexibility index (Phi) is 4.26. The minimum absolute atomic E-state index is 0.109. The van der Waals surface area contributed by atoms with Gasteiger partial charge >= 0.3 is 0 Å². The predicted molar refractivity (Wildman–Crippen MR) is 76.1 cm³/mol. The topological polar surface area (TPSA) is 29.1 Å². The molecule has 0 aliphatic heterocycles. The molecule has 0 bridgehead atoms. The summed E-state index contributed by atoms with van der Waals surface area (Å²) in [5.74, 6) is 0.109. The minimum atomic E-state index is 0.109. The van der Waals surface area contributed by atoms with Gasteiger partial charge in [0.05, 0.1) is 4.88 Å². The number of nitrogens with one attached hydrogen (secondary N) is 1. The van der Waals surface area contributed by atoms with Crippen molar-refractivity contribution in [1.82, 2.24) is 5.32 Å². The van der Waals surface area contributed by atoms with Gasteiger partial charge in [-0.1, -0.05) is 22.9 Å². The molecule has 1 aromatic rings. The molecule has 1 N–H and O–H groups in total. The summed E-state index contributed by atoms with van der Waals surface area (Å²) in [4.78, 5) is 12.9. The lowest BCUT2D eigenvalue weighted by molar-refractivity contribution is 0.0947. The number of rotatable bonds is 6. The van der Waals surface area contributed by atoms with Gasteiger partial charge < -0.3 is 5.32 Å². The summed E-state index contributed by atoms with van der Waals surface area (Å²) in [6, 6.07) is 2.05. The number of amides is 1. The van der Waals surface area contributed by atoms with Crippen LogP contribution in [-0.4, -0.2) is 17.8 Å². The van der Waals surface area contributed by atoms with E-state index in [1.54, 1.807) is 11.3 Å². The van der Waals surface area contributed by atoms with Crippen molar-refractivity contribution in [2.75, 3.05) is 11.9 Å². The van der Waals surface area contributed by atoms with Crippen molar-refractivity contribution in [3.05, 3.63) is 21.9 Å². The van der Waals surface area contributed by atoms with E-state index in [0.717, 1.165) is 28.7 Å². The van der Waals surface area contributed by atoms with Gasteiger partial charge in [-0.05, 0) is 48.1 Å². The highest BCUT2D eigenvalue weighted by molar-refractivity contribution is 9.09. The molecule has 94 valence electrons. The zero-order valence-electron chi connectivity index (χ0n) is 10.1. The summed E-state index contributed by atoms with van der Waals surface area (Å²) >= 11 is 5.03. The lowest BCUT2D eigenvalue weighted by Crippen LogP contribution is -2.30. The Hall–Kier alpha value is -0.350. The largest absolute Gasteiger partial charge is 0.351 e. The Morgan fingerprint density at radius 3 is 2.94 bits per heavy atom. The first-order chi connectivity index (χ1) is 8.21. The fourth-order valence-electron chi connectivity index (χ4n) is 2.05. The molecule has 1 heterocycles. The van der Waals surface area contributed by atoms with Crippen LogP contribution in [-0.2, 0) is 6.42 Å². The number of hydrogen-bond acceptors (Lipinski definition) is 2. The first kappa shape index (κ1) is 13.1. The smallest absolute Gasteiger partial charge is 0.261 e. The average molecular weight is 316 g/mol. The molecule has 0 spiro atoms. The third kappa shape index (κ3) is 3.10. The zero-order valence-corrected chi connectivity index (χ0v) is 12.5. The molecule has 1 amide bonds. The quantitative estimate of drug-likeness (QED) is 0.798. The first-order valence-electron chi connectivity index (χ1n) is 6.11. The molecular weight excluding hydrogens is 298 g/mol. The lowest BCUT2D eigenvalue weighted by atomic mass is 10.0. The van der Waals surface area contributed by atoms with Crippen LogP contribution in [0, 0.1) is 5.41 Å². The zero-order chi connectivity index (χ0) is 12.3. The van der Waals surface area contributed by atoms with Gasteiger partial charge in [-0.25, -0.2) is 0 Å². The molecule has 1 aromatic heterocycles. The summed E-state index contributed by atoms with van der Waals surface area (Å²) in [6.45, 7) is 2.92. The number of carbonyl (C=O) groups excluding carboxylic acids is 1. The molecule has 1 aliphatic rings. The molecule has 2 rings (SSSR count). The van der Waals surface area contributed by atoms with E-state index in [0.29, 0.717) is 5.41 Å². The van der Waals surface area contributed by atoms with Gasteiger partial charge in [-0.2, -0.15) is 0 Å². The lowest BCUT2D eigenvalue weighted by Gasteiger charge is -2.14. The molecule has 17 heavy (non-hydrogen) atoms. The van der Waals surface area contributed by atoms with Gasteiger partial charge in [0.1, 0.15) is 0 Å². The van der Waals surface area contributed by atoms with Crippen LogP contribution < -0.4 is 5.32 Å². The van der Waals surface area contributed by atoms with Crippen LogP contribution in [0.3, 0.4) is 0 Å².